The molecule has 2 aromatic rings. The molecule has 1 fully saturated rings. The van der Waals surface area contributed by atoms with Crippen molar-refractivity contribution in [1.82, 2.24) is 10.6 Å². The molecule has 8 heteroatoms. The first-order valence-corrected chi connectivity index (χ1v) is 10.4. The largest absolute Gasteiger partial charge is 0.493 e. The molecule has 0 unspecified atom stereocenters. The van der Waals surface area contributed by atoms with Crippen molar-refractivity contribution in [2.45, 2.75) is 13.0 Å². The minimum atomic E-state index is -0.659. The molecule has 0 radical (unpaired) electrons. The molecule has 1 aliphatic rings. The molecule has 2 aromatic carbocycles. The summed E-state index contributed by atoms with van der Waals surface area (Å²) in [7, 11) is 1.53. The molecule has 0 aliphatic carbocycles. The molecule has 31 heavy (non-hydrogen) atoms. The zero-order valence-electron chi connectivity index (χ0n) is 17.3. The lowest BCUT2D eigenvalue weighted by atomic mass is 9.88. The number of ether oxygens (including phenoxy) is 2. The zero-order valence-corrected chi connectivity index (χ0v) is 18.9. The van der Waals surface area contributed by atoms with Crippen molar-refractivity contribution < 1.29 is 14.3 Å². The standard InChI is InChI=1S/C23H24ClN3O3S/c1-5-9-30-21-17(24)11-15(12-18(21)29-4)20-19(14(3)25-23(31)27-20)22(28)26-16-8-6-7-13(2)10-16/h5-8,10-12,19-20H,1,3,9H2,2,4H3,(H,26,28)(H2,25,27,31)/t19-,20-/m1/s1. The molecule has 0 saturated carbocycles. The van der Waals surface area contributed by atoms with E-state index in [1.807, 2.05) is 31.2 Å². The molecule has 1 aliphatic heterocycles. The van der Waals surface area contributed by atoms with E-state index in [4.69, 9.17) is 33.3 Å². The number of rotatable bonds is 7. The van der Waals surface area contributed by atoms with Crippen LogP contribution in [-0.2, 0) is 4.79 Å². The van der Waals surface area contributed by atoms with Gasteiger partial charge in [-0.1, -0.05) is 43.0 Å². The summed E-state index contributed by atoms with van der Waals surface area (Å²) >= 11 is 11.8. The molecular weight excluding hydrogens is 434 g/mol. The summed E-state index contributed by atoms with van der Waals surface area (Å²) < 4.78 is 11.1. The molecule has 0 bridgehead atoms. The molecule has 0 spiro atoms. The maximum atomic E-state index is 13.2. The number of anilines is 1. The van der Waals surface area contributed by atoms with E-state index in [2.05, 4.69) is 29.1 Å². The number of carbonyl (C=O) groups excluding carboxylic acids is 1. The first-order chi connectivity index (χ1) is 14.8. The third-order valence-corrected chi connectivity index (χ3v) is 5.29. The van der Waals surface area contributed by atoms with Crippen molar-refractivity contribution in [3.8, 4) is 11.5 Å². The van der Waals surface area contributed by atoms with Crippen molar-refractivity contribution in [3.05, 3.63) is 77.5 Å². The van der Waals surface area contributed by atoms with Crippen molar-refractivity contribution in [3.63, 3.8) is 0 Å². The number of amides is 1. The highest BCUT2D eigenvalue weighted by atomic mass is 35.5. The summed E-state index contributed by atoms with van der Waals surface area (Å²) in [6.45, 7) is 9.91. The maximum Gasteiger partial charge on any atom is 0.235 e. The van der Waals surface area contributed by atoms with Crippen molar-refractivity contribution in [2.24, 2.45) is 5.92 Å². The van der Waals surface area contributed by atoms with E-state index in [1.165, 1.54) is 7.11 Å². The number of methoxy groups -OCH3 is 1. The first kappa shape index (κ1) is 22.7. The van der Waals surface area contributed by atoms with Gasteiger partial charge in [-0.2, -0.15) is 0 Å². The number of halogens is 1. The van der Waals surface area contributed by atoms with Gasteiger partial charge in [0.25, 0.3) is 0 Å². The van der Waals surface area contributed by atoms with Gasteiger partial charge in [0.2, 0.25) is 5.91 Å². The van der Waals surface area contributed by atoms with Gasteiger partial charge in [-0.05, 0) is 54.5 Å². The van der Waals surface area contributed by atoms with Gasteiger partial charge < -0.3 is 25.4 Å². The van der Waals surface area contributed by atoms with Crippen LogP contribution in [0.25, 0.3) is 0 Å². The molecule has 1 saturated heterocycles. The highest BCUT2D eigenvalue weighted by Gasteiger charge is 2.37. The second-order valence-electron chi connectivity index (χ2n) is 7.07. The monoisotopic (exact) mass is 457 g/mol. The molecule has 0 aromatic heterocycles. The van der Waals surface area contributed by atoms with E-state index in [9.17, 15) is 4.79 Å². The molecular formula is C23H24ClN3O3S. The van der Waals surface area contributed by atoms with Crippen LogP contribution in [0.4, 0.5) is 5.69 Å². The molecule has 3 N–H and O–H groups in total. The minimum Gasteiger partial charge on any atom is -0.493 e. The quantitative estimate of drug-likeness (QED) is 0.419. The third-order valence-electron chi connectivity index (χ3n) is 4.79. The smallest absolute Gasteiger partial charge is 0.235 e. The van der Waals surface area contributed by atoms with Gasteiger partial charge in [0.1, 0.15) is 12.5 Å². The lowest BCUT2D eigenvalue weighted by Crippen LogP contribution is -2.51. The Hall–Kier alpha value is -3.03. The Balaban J connectivity index is 1.96. The second-order valence-corrected chi connectivity index (χ2v) is 7.89. The fourth-order valence-electron chi connectivity index (χ4n) is 3.42. The predicted octanol–water partition coefficient (Wildman–Crippen LogP) is 4.51. The number of carbonyl (C=O) groups is 1. The van der Waals surface area contributed by atoms with E-state index in [1.54, 1.807) is 18.2 Å². The Morgan fingerprint density at radius 1 is 1.35 bits per heavy atom. The summed E-state index contributed by atoms with van der Waals surface area (Å²) in [4.78, 5) is 13.2. The van der Waals surface area contributed by atoms with Crippen molar-refractivity contribution in [2.75, 3.05) is 19.0 Å². The van der Waals surface area contributed by atoms with E-state index in [-0.39, 0.29) is 12.5 Å². The van der Waals surface area contributed by atoms with Gasteiger partial charge in [-0.15, -0.1) is 0 Å². The maximum absolute atomic E-state index is 13.2. The molecule has 6 nitrogen and oxygen atoms in total. The van der Waals surface area contributed by atoms with Crippen LogP contribution in [0.1, 0.15) is 17.2 Å². The van der Waals surface area contributed by atoms with Crippen LogP contribution in [0, 0.1) is 12.8 Å². The summed E-state index contributed by atoms with van der Waals surface area (Å²) in [6.07, 6.45) is 1.62. The molecule has 162 valence electrons. The lowest BCUT2D eigenvalue weighted by Gasteiger charge is -2.35. The fourth-order valence-corrected chi connectivity index (χ4v) is 3.95. The average molecular weight is 458 g/mol. The van der Waals surface area contributed by atoms with E-state index in [0.29, 0.717) is 38.6 Å². The molecule has 2 atom stereocenters. The number of nitrogens with one attached hydrogen (secondary N) is 3. The number of hydrogen-bond donors (Lipinski definition) is 3. The fraction of sp³-hybridized carbons (Fsp3) is 0.217. The van der Waals surface area contributed by atoms with Gasteiger partial charge in [0.15, 0.2) is 16.6 Å². The predicted molar refractivity (Wildman–Crippen MR) is 128 cm³/mol. The van der Waals surface area contributed by atoms with Gasteiger partial charge in [0, 0.05) is 11.4 Å². The van der Waals surface area contributed by atoms with Crippen molar-refractivity contribution in [1.29, 1.82) is 0 Å². The summed E-state index contributed by atoms with van der Waals surface area (Å²) in [5, 5.41) is 9.80. The SMILES string of the molecule is C=CCOc1c(Cl)cc([C@H]2NC(=S)NC(=C)[C@H]2C(=O)Nc2cccc(C)c2)cc1OC. The average Bonchev–Trinajstić information content (AvgIpc) is 2.71. The van der Waals surface area contributed by atoms with Gasteiger partial charge in [-0.25, -0.2) is 0 Å². The number of aryl methyl sites for hydroxylation is 1. The zero-order chi connectivity index (χ0) is 22.5. The van der Waals surface area contributed by atoms with Crippen LogP contribution in [0.3, 0.4) is 0 Å². The minimum absolute atomic E-state index is 0.231. The van der Waals surface area contributed by atoms with Gasteiger partial charge in [0.05, 0.1) is 18.2 Å². The highest BCUT2D eigenvalue weighted by Crippen LogP contribution is 2.41. The third kappa shape index (κ3) is 5.18. The van der Waals surface area contributed by atoms with Gasteiger partial charge in [-0.3, -0.25) is 4.79 Å². The Morgan fingerprint density at radius 2 is 2.13 bits per heavy atom. The van der Waals surface area contributed by atoms with E-state index >= 15 is 0 Å². The van der Waals surface area contributed by atoms with E-state index in [0.717, 1.165) is 5.56 Å². The summed E-state index contributed by atoms with van der Waals surface area (Å²) in [5.74, 6) is -0.0407. The normalized spacial score (nSPS) is 17.9. The Morgan fingerprint density at radius 3 is 2.81 bits per heavy atom. The number of hydrogen-bond acceptors (Lipinski definition) is 4. The van der Waals surface area contributed by atoms with Crippen LogP contribution in [-0.4, -0.2) is 24.7 Å². The van der Waals surface area contributed by atoms with Crippen LogP contribution >= 0.6 is 23.8 Å². The topological polar surface area (TPSA) is 71.6 Å². The summed E-state index contributed by atoms with van der Waals surface area (Å²) in [5.41, 5.74) is 2.94. The highest BCUT2D eigenvalue weighted by molar-refractivity contribution is 7.80. The van der Waals surface area contributed by atoms with E-state index < -0.39 is 12.0 Å². The Bertz CT molecular complexity index is 1040. The Kier molecular flexibility index (Phi) is 7.20. The first-order valence-electron chi connectivity index (χ1n) is 9.59. The molecule has 3 rings (SSSR count). The molecule has 1 amide bonds. The van der Waals surface area contributed by atoms with Crippen LogP contribution < -0.4 is 25.4 Å². The second kappa shape index (κ2) is 9.85. The summed E-state index contributed by atoms with van der Waals surface area (Å²) in [6, 6.07) is 10.6. The Labute approximate surface area is 192 Å². The number of thiocarbonyl (C=S) groups is 1. The van der Waals surface area contributed by atoms with Crippen molar-refractivity contribution >= 4 is 40.5 Å². The van der Waals surface area contributed by atoms with Crippen LogP contribution in [0.5, 0.6) is 11.5 Å². The van der Waals surface area contributed by atoms with Gasteiger partial charge >= 0.3 is 0 Å². The van der Waals surface area contributed by atoms with Crippen LogP contribution in [0.2, 0.25) is 5.02 Å². The van der Waals surface area contributed by atoms with Crippen LogP contribution in [0.15, 0.2) is 61.3 Å². The molecule has 1 heterocycles. The number of benzene rings is 2. The lowest BCUT2D eigenvalue weighted by molar-refractivity contribution is -0.119.